The van der Waals surface area contributed by atoms with E-state index >= 15 is 0 Å². The first-order chi connectivity index (χ1) is 12.7. The Kier molecular flexibility index (Phi) is 11.2. The average molecular weight is 357 g/mol. The smallest absolute Gasteiger partial charge is 0.0469 e. The third kappa shape index (κ3) is 7.46. The van der Waals surface area contributed by atoms with Gasteiger partial charge in [0.25, 0.3) is 0 Å². The topological polar surface area (TPSA) is 48.1 Å². The summed E-state index contributed by atoms with van der Waals surface area (Å²) in [5.74, 6) is 0. The number of benzene rings is 1. The minimum atomic E-state index is 0.208. The molecule has 0 aliphatic heterocycles. The summed E-state index contributed by atoms with van der Waals surface area (Å²) in [6.07, 6.45) is 8.05. The normalized spacial score (nSPS) is 11.6. The van der Waals surface area contributed by atoms with Crippen molar-refractivity contribution in [3.8, 4) is 0 Å². The van der Waals surface area contributed by atoms with Gasteiger partial charge in [-0.05, 0) is 56.2 Å². The number of rotatable bonds is 15. The second-order valence-corrected chi connectivity index (χ2v) is 6.41. The Morgan fingerprint density at radius 1 is 1.19 bits per heavy atom. The fourth-order valence-electron chi connectivity index (χ4n) is 2.95. The molecule has 1 aromatic carbocycles. The molecule has 0 amide bonds. The van der Waals surface area contributed by atoms with Crippen LogP contribution in [0, 0.1) is 0 Å². The van der Waals surface area contributed by atoms with Crippen molar-refractivity contribution < 1.29 is 0 Å². The summed E-state index contributed by atoms with van der Waals surface area (Å²) < 4.78 is 0. The Labute approximate surface area is 159 Å². The molecule has 0 spiro atoms. The zero-order chi connectivity index (χ0) is 19.2. The summed E-state index contributed by atoms with van der Waals surface area (Å²) in [7, 11) is 1.99. The molecule has 0 aliphatic rings. The molecule has 144 valence electrons. The lowest BCUT2D eigenvalue weighted by molar-refractivity contribution is 0.514. The predicted octanol–water partition coefficient (Wildman–Crippen LogP) is 4.25. The molecule has 4 nitrogen and oxygen atoms in total. The van der Waals surface area contributed by atoms with Crippen molar-refractivity contribution in [1.82, 2.24) is 16.0 Å². The molecule has 0 fully saturated rings. The Morgan fingerprint density at radius 2 is 1.96 bits per heavy atom. The number of hydrogen-bond acceptors (Lipinski definition) is 4. The van der Waals surface area contributed by atoms with Gasteiger partial charge in [0, 0.05) is 30.5 Å². The van der Waals surface area contributed by atoms with Gasteiger partial charge in [0.05, 0.1) is 0 Å². The maximum Gasteiger partial charge on any atom is 0.0469 e. The van der Waals surface area contributed by atoms with E-state index in [9.17, 15) is 0 Å². The second kappa shape index (κ2) is 13.2. The van der Waals surface area contributed by atoms with E-state index in [0.717, 1.165) is 50.2 Å². The van der Waals surface area contributed by atoms with E-state index in [-0.39, 0.29) is 6.04 Å². The van der Waals surface area contributed by atoms with Crippen LogP contribution in [0.3, 0.4) is 0 Å². The highest BCUT2D eigenvalue weighted by molar-refractivity contribution is 5.63. The van der Waals surface area contributed by atoms with Crippen LogP contribution in [0.25, 0.3) is 6.08 Å². The van der Waals surface area contributed by atoms with Gasteiger partial charge in [0.2, 0.25) is 0 Å². The third-order valence-electron chi connectivity index (χ3n) is 4.41. The lowest BCUT2D eigenvalue weighted by Gasteiger charge is -2.23. The minimum absolute atomic E-state index is 0.208. The average Bonchev–Trinajstić information content (AvgIpc) is 2.65. The zero-order valence-corrected chi connectivity index (χ0v) is 16.5. The molecule has 0 saturated heterocycles. The zero-order valence-electron chi connectivity index (χ0n) is 16.5. The molecule has 1 atom stereocenters. The van der Waals surface area contributed by atoms with Crippen LogP contribution in [-0.2, 0) is 6.54 Å². The van der Waals surface area contributed by atoms with Crippen LogP contribution in [0.4, 0.5) is 5.69 Å². The number of hydrogen-bond donors (Lipinski definition) is 4. The SMILES string of the molecule is C=CNC(=C)C(CCC)NCc1c(C=C)cccc1NCCCCNC. The van der Waals surface area contributed by atoms with Crippen molar-refractivity contribution >= 4 is 11.8 Å². The quantitative estimate of drug-likeness (QED) is 0.355. The van der Waals surface area contributed by atoms with Crippen LogP contribution >= 0.6 is 0 Å². The second-order valence-electron chi connectivity index (χ2n) is 6.41. The fraction of sp³-hybridized carbons (Fsp3) is 0.455. The molecule has 0 saturated carbocycles. The fourth-order valence-corrected chi connectivity index (χ4v) is 2.95. The molecule has 0 radical (unpaired) electrons. The molecular formula is C22H36N4. The highest BCUT2D eigenvalue weighted by atomic mass is 15.0. The molecular weight excluding hydrogens is 320 g/mol. The number of nitrogens with one attached hydrogen (secondary N) is 4. The van der Waals surface area contributed by atoms with Gasteiger partial charge in [-0.2, -0.15) is 0 Å². The summed E-state index contributed by atoms with van der Waals surface area (Å²) >= 11 is 0. The third-order valence-corrected chi connectivity index (χ3v) is 4.41. The molecule has 1 unspecified atom stereocenters. The highest BCUT2D eigenvalue weighted by Crippen LogP contribution is 2.22. The van der Waals surface area contributed by atoms with Crippen molar-refractivity contribution in [3.05, 3.63) is 61.0 Å². The van der Waals surface area contributed by atoms with Gasteiger partial charge in [-0.1, -0.05) is 51.3 Å². The van der Waals surface area contributed by atoms with Crippen molar-refractivity contribution in [2.24, 2.45) is 0 Å². The lowest BCUT2D eigenvalue weighted by Crippen LogP contribution is -2.34. The summed E-state index contributed by atoms with van der Waals surface area (Å²) in [5.41, 5.74) is 4.55. The van der Waals surface area contributed by atoms with Crippen molar-refractivity contribution in [3.63, 3.8) is 0 Å². The molecule has 26 heavy (non-hydrogen) atoms. The van der Waals surface area contributed by atoms with Gasteiger partial charge in [0.15, 0.2) is 0 Å². The number of anilines is 1. The lowest BCUT2D eigenvalue weighted by atomic mass is 10.0. The van der Waals surface area contributed by atoms with Gasteiger partial charge in [-0.15, -0.1) is 0 Å². The summed E-state index contributed by atoms with van der Waals surface area (Å²) in [5, 5.41) is 13.5. The molecule has 0 aliphatic carbocycles. The van der Waals surface area contributed by atoms with Crippen LogP contribution in [0.5, 0.6) is 0 Å². The van der Waals surface area contributed by atoms with E-state index in [2.05, 4.69) is 66.1 Å². The maximum atomic E-state index is 4.13. The monoisotopic (exact) mass is 356 g/mol. The summed E-state index contributed by atoms with van der Waals surface area (Å²) in [6.45, 7) is 16.8. The van der Waals surface area contributed by atoms with Crippen LogP contribution in [-0.4, -0.2) is 26.2 Å². The van der Waals surface area contributed by atoms with Crippen molar-refractivity contribution in [2.45, 2.75) is 45.2 Å². The van der Waals surface area contributed by atoms with Crippen molar-refractivity contribution in [1.29, 1.82) is 0 Å². The van der Waals surface area contributed by atoms with E-state index in [0.29, 0.717) is 0 Å². The van der Waals surface area contributed by atoms with Gasteiger partial charge in [-0.25, -0.2) is 0 Å². The first-order valence-corrected chi connectivity index (χ1v) is 9.60. The van der Waals surface area contributed by atoms with Crippen LogP contribution < -0.4 is 21.3 Å². The van der Waals surface area contributed by atoms with E-state index in [1.165, 1.54) is 17.7 Å². The Hall–Kier alpha value is -2.04. The standard InChI is InChI=1S/C22H36N4/c1-6-12-21(18(4)24-8-3)26-17-20-19(7-2)13-11-14-22(20)25-16-10-9-15-23-5/h7-8,11,13-14,21,23-26H,2-4,6,9-10,12,15-17H2,1,5H3. The Bertz CT molecular complexity index is 565. The van der Waals surface area contributed by atoms with Gasteiger partial charge in [0.1, 0.15) is 0 Å². The Morgan fingerprint density at radius 3 is 2.62 bits per heavy atom. The molecule has 0 bridgehead atoms. The first-order valence-electron chi connectivity index (χ1n) is 9.60. The molecule has 1 rings (SSSR count). The maximum absolute atomic E-state index is 4.13. The van der Waals surface area contributed by atoms with Crippen molar-refractivity contribution in [2.75, 3.05) is 25.5 Å². The van der Waals surface area contributed by atoms with Crippen LogP contribution in [0.1, 0.15) is 43.7 Å². The predicted molar refractivity (Wildman–Crippen MR) is 116 cm³/mol. The minimum Gasteiger partial charge on any atom is -0.385 e. The first kappa shape index (κ1) is 22.0. The molecule has 4 N–H and O–H groups in total. The highest BCUT2D eigenvalue weighted by Gasteiger charge is 2.13. The van der Waals surface area contributed by atoms with Gasteiger partial charge >= 0.3 is 0 Å². The molecule has 1 aromatic rings. The van der Waals surface area contributed by atoms with Crippen LogP contribution in [0.15, 0.2) is 49.8 Å². The largest absolute Gasteiger partial charge is 0.385 e. The van der Waals surface area contributed by atoms with Gasteiger partial charge < -0.3 is 21.3 Å². The molecule has 0 heterocycles. The Balaban J connectivity index is 2.79. The van der Waals surface area contributed by atoms with Crippen LogP contribution in [0.2, 0.25) is 0 Å². The number of unbranched alkanes of at least 4 members (excludes halogenated alkanes) is 1. The van der Waals surface area contributed by atoms with E-state index in [1.54, 1.807) is 6.20 Å². The summed E-state index contributed by atoms with van der Waals surface area (Å²) in [6, 6.07) is 6.55. The molecule has 4 heteroatoms. The summed E-state index contributed by atoms with van der Waals surface area (Å²) in [4.78, 5) is 0. The van der Waals surface area contributed by atoms with E-state index < -0.39 is 0 Å². The van der Waals surface area contributed by atoms with E-state index in [4.69, 9.17) is 0 Å². The van der Waals surface area contributed by atoms with Gasteiger partial charge in [-0.3, -0.25) is 0 Å². The molecule has 0 aromatic heterocycles. The van der Waals surface area contributed by atoms with E-state index in [1.807, 2.05) is 13.1 Å².